The molecule has 3 aromatic rings. The lowest BCUT2D eigenvalue weighted by atomic mass is 9.99. The molecule has 4 saturated heterocycles. The third kappa shape index (κ3) is 6.16. The molecule has 5 heterocycles. The minimum atomic E-state index is -0.641. The van der Waals surface area contributed by atoms with E-state index in [1.54, 1.807) is 18.2 Å². The van der Waals surface area contributed by atoms with Gasteiger partial charge in [0.1, 0.15) is 23.7 Å². The van der Waals surface area contributed by atoms with Gasteiger partial charge in [-0.05, 0) is 49.1 Å². The summed E-state index contributed by atoms with van der Waals surface area (Å²) in [5.41, 5.74) is 3.56. The van der Waals surface area contributed by atoms with Crippen LogP contribution in [0.3, 0.4) is 0 Å². The Balaban J connectivity index is 1.12. The number of halogens is 2. The quantitative estimate of drug-likeness (QED) is 0.334. The number of fused-ring (bicyclic) bond motifs is 2. The molecule has 10 nitrogen and oxygen atoms in total. The lowest BCUT2D eigenvalue weighted by molar-refractivity contribution is -0.111. The number of anilines is 3. The minimum absolute atomic E-state index is 0.296. The molecule has 1 amide bonds. The molecule has 0 saturated carbocycles. The maximum absolute atomic E-state index is 14.0. The first-order valence-electron chi connectivity index (χ1n) is 15.8. The van der Waals surface area contributed by atoms with Crippen molar-refractivity contribution in [1.82, 2.24) is 14.9 Å². The highest BCUT2D eigenvalue weighted by Crippen LogP contribution is 2.39. The van der Waals surface area contributed by atoms with Crippen molar-refractivity contribution in [3.8, 4) is 5.75 Å². The number of morpholine rings is 1. The second kappa shape index (κ2) is 12.9. The van der Waals surface area contributed by atoms with Gasteiger partial charge in [-0.1, -0.05) is 6.58 Å². The SMILES string of the molecule is C=CC(=O)Nc1cc(Cc2cc(N3OCC[C@@H]3c3cc(F)cc(F)c3)ncn2)c(OC)cc1N1CCC(N2C[C@H]3C[C@@H]2CO3)CC1. The summed E-state index contributed by atoms with van der Waals surface area (Å²) in [4.78, 5) is 32.2. The van der Waals surface area contributed by atoms with E-state index in [-0.39, 0.29) is 5.91 Å². The predicted molar refractivity (Wildman–Crippen MR) is 169 cm³/mol. The van der Waals surface area contributed by atoms with Gasteiger partial charge in [0.15, 0.2) is 5.82 Å². The van der Waals surface area contributed by atoms with E-state index in [9.17, 15) is 13.6 Å². The summed E-state index contributed by atoms with van der Waals surface area (Å²) in [7, 11) is 1.63. The van der Waals surface area contributed by atoms with Crippen molar-refractivity contribution in [2.75, 3.05) is 55.2 Å². The Bertz CT molecular complexity index is 1600. The Kier molecular flexibility index (Phi) is 8.58. The Morgan fingerprint density at radius 1 is 1.09 bits per heavy atom. The molecule has 0 aliphatic carbocycles. The molecule has 242 valence electrons. The summed E-state index contributed by atoms with van der Waals surface area (Å²) in [5, 5.41) is 4.59. The molecule has 12 heteroatoms. The molecule has 3 atom stereocenters. The van der Waals surface area contributed by atoms with Crippen LogP contribution in [0, 0.1) is 11.6 Å². The highest BCUT2D eigenvalue weighted by atomic mass is 19.1. The third-order valence-electron chi connectivity index (χ3n) is 9.54. The second-order valence-corrected chi connectivity index (χ2v) is 12.3. The minimum Gasteiger partial charge on any atom is -0.496 e. The van der Waals surface area contributed by atoms with E-state index < -0.39 is 17.7 Å². The molecule has 0 unspecified atom stereocenters. The molecule has 0 spiro atoms. The molecule has 4 aliphatic heterocycles. The number of benzene rings is 2. The standard InChI is InChI=1S/C34H38F2N6O4/c1-3-34(43)39-29-13-22(32(44-2)17-31(29)40-7-4-26(5-8-40)41-18-28-16-27(41)19-45-28)12-25-15-33(38-20-37-25)42-30(6-9-46-42)21-10-23(35)14-24(36)11-21/h3,10-11,13-15,17,20,26-28,30H,1,4-9,12,16,18-19H2,2H3,(H,39,43)/t27-,28-,30-/m1/s1. The van der Waals surface area contributed by atoms with Gasteiger partial charge in [-0.15, -0.1) is 0 Å². The van der Waals surface area contributed by atoms with E-state index in [2.05, 4.69) is 31.7 Å². The Morgan fingerprint density at radius 3 is 2.59 bits per heavy atom. The number of carbonyl (C=O) groups excluding carboxylic acids is 1. The number of piperidine rings is 1. The van der Waals surface area contributed by atoms with Gasteiger partial charge >= 0.3 is 0 Å². The Labute approximate surface area is 266 Å². The maximum atomic E-state index is 14.0. The van der Waals surface area contributed by atoms with Crippen molar-refractivity contribution < 1.29 is 27.9 Å². The number of amides is 1. The highest BCUT2D eigenvalue weighted by molar-refractivity contribution is 6.01. The average molecular weight is 633 g/mol. The zero-order valence-corrected chi connectivity index (χ0v) is 25.8. The van der Waals surface area contributed by atoms with Crippen LogP contribution in [0.15, 0.2) is 55.4 Å². The number of rotatable bonds is 9. The van der Waals surface area contributed by atoms with Crippen LogP contribution in [-0.2, 0) is 20.8 Å². The van der Waals surface area contributed by atoms with Crippen molar-refractivity contribution in [2.24, 2.45) is 0 Å². The van der Waals surface area contributed by atoms with E-state index in [1.165, 1.54) is 24.5 Å². The number of nitrogens with zero attached hydrogens (tertiary/aromatic N) is 5. The van der Waals surface area contributed by atoms with Crippen molar-refractivity contribution in [3.63, 3.8) is 0 Å². The van der Waals surface area contributed by atoms with Gasteiger partial charge in [-0.2, -0.15) is 0 Å². The van der Waals surface area contributed by atoms with Crippen LogP contribution in [0.2, 0.25) is 0 Å². The van der Waals surface area contributed by atoms with E-state index >= 15 is 0 Å². The summed E-state index contributed by atoms with van der Waals surface area (Å²) in [5.74, 6) is -0.423. The summed E-state index contributed by atoms with van der Waals surface area (Å²) < 4.78 is 39.7. The molecule has 1 aromatic heterocycles. The Hall–Kier alpha value is -4.13. The smallest absolute Gasteiger partial charge is 0.247 e. The van der Waals surface area contributed by atoms with E-state index in [0.29, 0.717) is 66.1 Å². The molecule has 2 aromatic carbocycles. The predicted octanol–water partition coefficient (Wildman–Crippen LogP) is 4.80. The fourth-order valence-electron chi connectivity index (χ4n) is 7.37. The molecule has 1 N–H and O–H groups in total. The van der Waals surface area contributed by atoms with Crippen molar-refractivity contribution in [1.29, 1.82) is 0 Å². The van der Waals surface area contributed by atoms with Crippen LogP contribution in [0.5, 0.6) is 5.75 Å². The largest absolute Gasteiger partial charge is 0.496 e. The topological polar surface area (TPSA) is 92.3 Å². The lowest BCUT2D eigenvalue weighted by Gasteiger charge is -2.41. The van der Waals surface area contributed by atoms with E-state index in [1.807, 2.05) is 12.1 Å². The number of ether oxygens (including phenoxy) is 2. The number of methoxy groups -OCH3 is 1. The van der Waals surface area contributed by atoms with Crippen molar-refractivity contribution in [2.45, 2.75) is 56.3 Å². The molecule has 7 rings (SSSR count). The summed E-state index contributed by atoms with van der Waals surface area (Å²) in [6, 6.07) is 9.88. The summed E-state index contributed by atoms with van der Waals surface area (Å²) >= 11 is 0. The van der Waals surface area contributed by atoms with Crippen LogP contribution in [0.1, 0.15) is 48.5 Å². The summed E-state index contributed by atoms with van der Waals surface area (Å²) in [6.45, 7) is 7.61. The number of hydrogen-bond donors (Lipinski definition) is 1. The normalized spacial score (nSPS) is 23.2. The first-order chi connectivity index (χ1) is 22.4. The van der Waals surface area contributed by atoms with Gasteiger partial charge in [0, 0.05) is 68.3 Å². The zero-order valence-electron chi connectivity index (χ0n) is 25.8. The number of nitrogens with one attached hydrogen (secondary N) is 1. The molecule has 2 bridgehead atoms. The Morgan fingerprint density at radius 2 is 1.89 bits per heavy atom. The first kappa shape index (κ1) is 30.5. The van der Waals surface area contributed by atoms with Gasteiger partial charge in [0.05, 0.1) is 49.5 Å². The lowest BCUT2D eigenvalue weighted by Crippen LogP contribution is -2.49. The monoisotopic (exact) mass is 632 g/mol. The van der Waals surface area contributed by atoms with Crippen LogP contribution < -0.4 is 20.0 Å². The fourth-order valence-corrected chi connectivity index (χ4v) is 7.37. The van der Waals surface area contributed by atoms with Gasteiger partial charge in [-0.3, -0.25) is 14.5 Å². The summed E-state index contributed by atoms with van der Waals surface area (Å²) in [6.07, 6.45) is 7.23. The van der Waals surface area contributed by atoms with Gasteiger partial charge < -0.3 is 19.7 Å². The number of likely N-dealkylation sites (tertiary alicyclic amines) is 1. The second-order valence-electron chi connectivity index (χ2n) is 12.3. The van der Waals surface area contributed by atoms with E-state index in [0.717, 1.165) is 62.8 Å². The first-order valence-corrected chi connectivity index (χ1v) is 15.8. The van der Waals surface area contributed by atoms with Crippen molar-refractivity contribution in [3.05, 3.63) is 83.8 Å². The van der Waals surface area contributed by atoms with Gasteiger partial charge in [0.2, 0.25) is 5.91 Å². The van der Waals surface area contributed by atoms with Crippen LogP contribution in [0.4, 0.5) is 26.0 Å². The zero-order chi connectivity index (χ0) is 31.8. The fraction of sp³-hybridized carbons (Fsp3) is 0.441. The maximum Gasteiger partial charge on any atom is 0.247 e. The van der Waals surface area contributed by atoms with Crippen LogP contribution >= 0.6 is 0 Å². The molecular weight excluding hydrogens is 594 g/mol. The molecule has 0 radical (unpaired) electrons. The number of hydrogen-bond acceptors (Lipinski definition) is 9. The molecule has 4 aliphatic rings. The molecule has 46 heavy (non-hydrogen) atoms. The third-order valence-corrected chi connectivity index (χ3v) is 9.54. The molecular formula is C34H38F2N6O4. The van der Waals surface area contributed by atoms with Gasteiger partial charge in [-0.25, -0.2) is 23.8 Å². The number of hydroxylamine groups is 1. The number of carbonyl (C=O) groups is 1. The number of aromatic nitrogens is 2. The van der Waals surface area contributed by atoms with Crippen molar-refractivity contribution >= 4 is 23.1 Å². The van der Waals surface area contributed by atoms with Gasteiger partial charge in [0.25, 0.3) is 0 Å². The highest BCUT2D eigenvalue weighted by Gasteiger charge is 2.42. The average Bonchev–Trinajstić information content (AvgIpc) is 3.83. The van der Waals surface area contributed by atoms with Crippen LogP contribution in [-0.4, -0.2) is 78.9 Å². The molecule has 4 fully saturated rings. The van der Waals surface area contributed by atoms with Crippen LogP contribution in [0.25, 0.3) is 0 Å². The van der Waals surface area contributed by atoms with E-state index in [4.69, 9.17) is 14.3 Å².